The number of aryl methyl sites for hydroxylation is 1. The van der Waals surface area contributed by atoms with E-state index in [9.17, 15) is 4.79 Å². The molecule has 1 atom stereocenters. The van der Waals surface area contributed by atoms with E-state index in [0.717, 1.165) is 15.6 Å². The van der Waals surface area contributed by atoms with Crippen molar-refractivity contribution < 1.29 is 9.90 Å². The Hall–Kier alpha value is -0.870. The van der Waals surface area contributed by atoms with Crippen LogP contribution < -0.4 is 5.32 Å². The van der Waals surface area contributed by atoms with Crippen molar-refractivity contribution in [2.24, 2.45) is 5.41 Å². The first-order valence-electron chi connectivity index (χ1n) is 5.93. The topological polar surface area (TPSA) is 49.3 Å². The van der Waals surface area contributed by atoms with Gasteiger partial charge in [0.15, 0.2) is 0 Å². The van der Waals surface area contributed by atoms with E-state index in [0.29, 0.717) is 0 Å². The second-order valence-electron chi connectivity index (χ2n) is 5.28. The number of nitrogens with one attached hydrogen (secondary N) is 1. The zero-order valence-electron chi connectivity index (χ0n) is 11.2. The van der Waals surface area contributed by atoms with Crippen molar-refractivity contribution in [3.8, 4) is 0 Å². The molecule has 100 valence electrons. The molecule has 18 heavy (non-hydrogen) atoms. The maximum absolute atomic E-state index is 11.0. The Morgan fingerprint density at radius 1 is 1.50 bits per heavy atom. The Morgan fingerprint density at radius 2 is 2.11 bits per heavy atom. The molecule has 0 saturated heterocycles. The average molecular weight is 314 g/mol. The van der Waals surface area contributed by atoms with Crippen molar-refractivity contribution in [3.05, 3.63) is 33.8 Å². The van der Waals surface area contributed by atoms with E-state index in [1.165, 1.54) is 0 Å². The number of carbonyl (C=O) groups is 1. The zero-order chi connectivity index (χ0) is 13.9. The Morgan fingerprint density at radius 3 is 2.61 bits per heavy atom. The Balaban J connectivity index is 3.16. The van der Waals surface area contributed by atoms with Crippen molar-refractivity contribution in [3.63, 3.8) is 0 Å². The van der Waals surface area contributed by atoms with Crippen molar-refractivity contribution in [2.75, 3.05) is 7.05 Å². The van der Waals surface area contributed by atoms with Gasteiger partial charge in [0.25, 0.3) is 0 Å². The summed E-state index contributed by atoms with van der Waals surface area (Å²) in [5.41, 5.74) is 1.95. The van der Waals surface area contributed by atoms with Crippen molar-refractivity contribution in [2.45, 2.75) is 33.2 Å². The molecule has 4 heteroatoms. The van der Waals surface area contributed by atoms with E-state index in [-0.39, 0.29) is 17.9 Å². The quantitative estimate of drug-likeness (QED) is 0.874. The molecule has 1 aromatic rings. The lowest BCUT2D eigenvalue weighted by Crippen LogP contribution is -2.34. The van der Waals surface area contributed by atoms with E-state index < -0.39 is 5.97 Å². The monoisotopic (exact) mass is 313 g/mol. The highest BCUT2D eigenvalue weighted by atomic mass is 79.9. The predicted molar refractivity (Wildman–Crippen MR) is 76.7 cm³/mol. The highest BCUT2D eigenvalue weighted by Gasteiger charge is 2.32. The van der Waals surface area contributed by atoms with Gasteiger partial charge in [-0.25, -0.2) is 0 Å². The van der Waals surface area contributed by atoms with Gasteiger partial charge in [0.05, 0.1) is 6.42 Å². The fourth-order valence-electron chi connectivity index (χ4n) is 2.38. The molecule has 0 spiro atoms. The summed E-state index contributed by atoms with van der Waals surface area (Å²) in [6, 6.07) is 6.10. The molecule has 0 bridgehead atoms. The van der Waals surface area contributed by atoms with Gasteiger partial charge in [-0.2, -0.15) is 0 Å². The van der Waals surface area contributed by atoms with Crippen LogP contribution >= 0.6 is 15.9 Å². The number of hydrogen-bond acceptors (Lipinski definition) is 2. The van der Waals surface area contributed by atoms with Gasteiger partial charge in [0, 0.05) is 10.5 Å². The minimum atomic E-state index is -0.770. The summed E-state index contributed by atoms with van der Waals surface area (Å²) < 4.78 is 1.01. The molecule has 0 amide bonds. The van der Waals surface area contributed by atoms with Crippen LogP contribution in [0.1, 0.15) is 37.4 Å². The molecule has 0 aromatic heterocycles. The van der Waals surface area contributed by atoms with Crippen LogP contribution in [0.2, 0.25) is 0 Å². The third kappa shape index (κ3) is 3.56. The molecule has 0 heterocycles. The molecule has 0 aliphatic rings. The highest BCUT2D eigenvalue weighted by molar-refractivity contribution is 9.10. The average Bonchev–Trinajstić information content (AvgIpc) is 2.21. The Labute approximate surface area is 117 Å². The molecule has 0 radical (unpaired) electrons. The van der Waals surface area contributed by atoms with Crippen LogP contribution in [0.3, 0.4) is 0 Å². The van der Waals surface area contributed by atoms with Gasteiger partial charge in [-0.15, -0.1) is 0 Å². The second kappa shape index (κ2) is 5.85. The molecular weight excluding hydrogens is 294 g/mol. The zero-order valence-corrected chi connectivity index (χ0v) is 12.8. The van der Waals surface area contributed by atoms with Gasteiger partial charge in [0.2, 0.25) is 0 Å². The first-order chi connectivity index (χ1) is 8.27. The molecule has 0 fully saturated rings. The van der Waals surface area contributed by atoms with Gasteiger partial charge in [0.1, 0.15) is 0 Å². The summed E-state index contributed by atoms with van der Waals surface area (Å²) in [5, 5.41) is 12.3. The van der Waals surface area contributed by atoms with E-state index in [1.807, 2.05) is 40.0 Å². The number of carboxylic acid groups (broad SMARTS) is 1. The first-order valence-corrected chi connectivity index (χ1v) is 6.72. The van der Waals surface area contributed by atoms with E-state index in [1.54, 1.807) is 0 Å². The number of benzene rings is 1. The van der Waals surface area contributed by atoms with Crippen LogP contribution in [0.15, 0.2) is 22.7 Å². The van der Waals surface area contributed by atoms with Gasteiger partial charge in [-0.05, 0) is 42.6 Å². The van der Waals surface area contributed by atoms with Crippen molar-refractivity contribution in [1.29, 1.82) is 0 Å². The highest BCUT2D eigenvalue weighted by Crippen LogP contribution is 2.38. The van der Waals surface area contributed by atoms with Gasteiger partial charge < -0.3 is 10.4 Å². The smallest absolute Gasteiger partial charge is 0.303 e. The van der Waals surface area contributed by atoms with Crippen molar-refractivity contribution >= 4 is 21.9 Å². The largest absolute Gasteiger partial charge is 0.481 e. The van der Waals surface area contributed by atoms with E-state index in [2.05, 4.69) is 27.3 Å². The molecule has 3 nitrogen and oxygen atoms in total. The van der Waals surface area contributed by atoms with Gasteiger partial charge in [-0.3, -0.25) is 4.79 Å². The minimum absolute atomic E-state index is 0.00565. The van der Waals surface area contributed by atoms with Crippen LogP contribution in [-0.2, 0) is 4.79 Å². The van der Waals surface area contributed by atoms with E-state index >= 15 is 0 Å². The lowest BCUT2D eigenvalue weighted by molar-refractivity contribution is -0.139. The third-order valence-corrected chi connectivity index (χ3v) is 3.72. The summed E-state index contributed by atoms with van der Waals surface area (Å²) in [7, 11) is 1.87. The first kappa shape index (κ1) is 15.2. The molecule has 0 aliphatic carbocycles. The van der Waals surface area contributed by atoms with Gasteiger partial charge in [-0.1, -0.05) is 35.8 Å². The fraction of sp³-hybridized carbons (Fsp3) is 0.500. The Kier molecular flexibility index (Phi) is 4.93. The molecule has 0 aliphatic heterocycles. The van der Waals surface area contributed by atoms with Crippen LogP contribution in [0.4, 0.5) is 0 Å². The third-order valence-electron chi connectivity index (χ3n) is 3.23. The number of halogens is 1. The summed E-state index contributed by atoms with van der Waals surface area (Å²) in [4.78, 5) is 11.0. The lowest BCUT2D eigenvalue weighted by atomic mass is 9.77. The minimum Gasteiger partial charge on any atom is -0.481 e. The molecule has 1 unspecified atom stereocenters. The van der Waals surface area contributed by atoms with Crippen molar-refractivity contribution in [1.82, 2.24) is 5.32 Å². The predicted octanol–water partition coefficient (Wildman–Crippen LogP) is 3.52. The SMILES string of the molecule is CNC(c1cc(Br)ccc1C)C(C)(C)CC(=O)O. The van der Waals surface area contributed by atoms with Crippen LogP contribution in [-0.4, -0.2) is 18.1 Å². The second-order valence-corrected chi connectivity index (χ2v) is 6.20. The number of hydrogen-bond donors (Lipinski definition) is 2. The maximum Gasteiger partial charge on any atom is 0.303 e. The van der Waals surface area contributed by atoms with E-state index in [4.69, 9.17) is 5.11 Å². The molecule has 1 rings (SSSR count). The lowest BCUT2D eigenvalue weighted by Gasteiger charge is -2.34. The van der Waals surface area contributed by atoms with Crippen LogP contribution in [0.25, 0.3) is 0 Å². The number of rotatable bonds is 5. The van der Waals surface area contributed by atoms with Crippen LogP contribution in [0, 0.1) is 12.3 Å². The maximum atomic E-state index is 11.0. The summed E-state index contributed by atoms with van der Waals surface area (Å²) >= 11 is 3.47. The summed E-state index contributed by atoms with van der Waals surface area (Å²) in [6.45, 7) is 5.99. The molecule has 2 N–H and O–H groups in total. The summed E-state index contributed by atoms with van der Waals surface area (Å²) in [6.07, 6.45) is 0.129. The standard InChI is InChI=1S/C14H20BrNO2/c1-9-5-6-10(15)7-11(9)13(16-4)14(2,3)8-12(17)18/h5-7,13,16H,8H2,1-4H3,(H,17,18). The number of carboxylic acids is 1. The Bertz CT molecular complexity index is 443. The summed E-state index contributed by atoms with van der Waals surface area (Å²) in [5.74, 6) is -0.770. The normalized spacial score (nSPS) is 13.4. The molecule has 1 aromatic carbocycles. The van der Waals surface area contributed by atoms with Gasteiger partial charge >= 0.3 is 5.97 Å². The number of aliphatic carboxylic acids is 1. The van der Waals surface area contributed by atoms with Crippen LogP contribution in [0.5, 0.6) is 0 Å². The molecule has 0 saturated carbocycles. The molecular formula is C14H20BrNO2. The fourth-order valence-corrected chi connectivity index (χ4v) is 2.76.